The maximum Gasteiger partial charge on any atom is 0.332 e. The first-order valence-electron chi connectivity index (χ1n) is 6.69. The van der Waals surface area contributed by atoms with E-state index in [4.69, 9.17) is 4.74 Å². The van der Waals surface area contributed by atoms with Gasteiger partial charge in [-0.3, -0.25) is 0 Å². The number of carbonyl (C=O) groups excluding carboxylic acids is 1. The van der Waals surface area contributed by atoms with Crippen molar-refractivity contribution >= 4 is 17.6 Å². The second-order valence-corrected chi connectivity index (χ2v) is 5.11. The predicted octanol–water partition coefficient (Wildman–Crippen LogP) is 3.85. The first-order valence-corrected chi connectivity index (χ1v) is 6.69. The SMILES string of the molecule is O=C1C=C2c3ccccc3C=C(F)C2(c2ccccc2)O1. The van der Waals surface area contributed by atoms with Gasteiger partial charge in [-0.2, -0.15) is 0 Å². The first kappa shape index (κ1) is 12.1. The summed E-state index contributed by atoms with van der Waals surface area (Å²) in [6, 6.07) is 16.4. The molecule has 0 fully saturated rings. The van der Waals surface area contributed by atoms with Gasteiger partial charge >= 0.3 is 5.97 Å². The standard InChI is InChI=1S/C18H11FO2/c19-16-10-12-6-4-5-9-14(12)15-11-17(20)21-18(15,16)13-7-2-1-3-8-13/h1-11H. The maximum absolute atomic E-state index is 14.9. The van der Waals surface area contributed by atoms with Crippen molar-refractivity contribution in [3.63, 3.8) is 0 Å². The number of fused-ring (bicyclic) bond motifs is 3. The van der Waals surface area contributed by atoms with E-state index in [2.05, 4.69) is 0 Å². The molecule has 1 heterocycles. The summed E-state index contributed by atoms with van der Waals surface area (Å²) in [5.41, 5.74) is 1.33. The lowest BCUT2D eigenvalue weighted by Crippen LogP contribution is -2.31. The predicted molar refractivity (Wildman–Crippen MR) is 77.7 cm³/mol. The van der Waals surface area contributed by atoms with Crippen molar-refractivity contribution < 1.29 is 13.9 Å². The topological polar surface area (TPSA) is 26.3 Å². The lowest BCUT2D eigenvalue weighted by molar-refractivity contribution is -0.144. The zero-order chi connectivity index (χ0) is 14.4. The molecule has 0 N–H and O–H groups in total. The highest BCUT2D eigenvalue weighted by Crippen LogP contribution is 2.53. The zero-order valence-corrected chi connectivity index (χ0v) is 11.0. The number of benzene rings is 2. The Kier molecular flexibility index (Phi) is 2.39. The van der Waals surface area contributed by atoms with E-state index in [1.165, 1.54) is 12.2 Å². The van der Waals surface area contributed by atoms with Gasteiger partial charge in [-0.15, -0.1) is 0 Å². The van der Waals surface area contributed by atoms with Crippen LogP contribution >= 0.6 is 0 Å². The highest BCUT2D eigenvalue weighted by Gasteiger charge is 2.51. The van der Waals surface area contributed by atoms with Gasteiger partial charge < -0.3 is 4.74 Å². The van der Waals surface area contributed by atoms with Crippen LogP contribution in [0.15, 0.2) is 66.5 Å². The molecular weight excluding hydrogens is 267 g/mol. The number of hydrogen-bond acceptors (Lipinski definition) is 2. The lowest BCUT2D eigenvalue weighted by Gasteiger charge is -2.33. The minimum absolute atomic E-state index is 0.468. The molecule has 0 spiro atoms. The van der Waals surface area contributed by atoms with Crippen molar-refractivity contribution in [3.8, 4) is 0 Å². The molecule has 1 aliphatic carbocycles. The van der Waals surface area contributed by atoms with Crippen molar-refractivity contribution in [2.24, 2.45) is 0 Å². The Bertz CT molecular complexity index is 805. The molecule has 2 aromatic carbocycles. The van der Waals surface area contributed by atoms with Gasteiger partial charge in [-0.1, -0.05) is 54.6 Å². The molecular formula is C18H11FO2. The Balaban J connectivity index is 2.04. The summed E-state index contributed by atoms with van der Waals surface area (Å²) in [4.78, 5) is 11.9. The Morgan fingerprint density at radius 2 is 1.62 bits per heavy atom. The lowest BCUT2D eigenvalue weighted by atomic mass is 9.76. The molecule has 4 rings (SSSR count). The summed E-state index contributed by atoms with van der Waals surface area (Å²) in [7, 11) is 0. The van der Waals surface area contributed by atoms with Crippen molar-refractivity contribution in [3.05, 3.63) is 83.2 Å². The minimum Gasteiger partial charge on any atom is -0.439 e. The Morgan fingerprint density at radius 3 is 2.43 bits per heavy atom. The van der Waals surface area contributed by atoms with Gasteiger partial charge in [0.2, 0.25) is 5.60 Å². The number of rotatable bonds is 1. The van der Waals surface area contributed by atoms with Gasteiger partial charge in [0.05, 0.1) is 0 Å². The van der Waals surface area contributed by atoms with E-state index < -0.39 is 17.4 Å². The fraction of sp³-hybridized carbons (Fsp3) is 0.0556. The molecule has 2 aliphatic rings. The Hall–Kier alpha value is -2.68. The van der Waals surface area contributed by atoms with Crippen molar-refractivity contribution in [1.29, 1.82) is 0 Å². The van der Waals surface area contributed by atoms with E-state index in [1.807, 2.05) is 42.5 Å². The molecule has 102 valence electrons. The molecule has 2 aromatic rings. The second-order valence-electron chi connectivity index (χ2n) is 5.11. The van der Waals surface area contributed by atoms with Crippen LogP contribution in [0.4, 0.5) is 4.39 Å². The third-order valence-electron chi connectivity index (χ3n) is 3.95. The molecule has 0 saturated heterocycles. The maximum atomic E-state index is 14.9. The van der Waals surface area contributed by atoms with Crippen LogP contribution in [0.1, 0.15) is 16.7 Å². The number of carbonyl (C=O) groups is 1. The average molecular weight is 278 g/mol. The monoisotopic (exact) mass is 278 g/mol. The molecule has 1 unspecified atom stereocenters. The van der Waals surface area contributed by atoms with E-state index >= 15 is 0 Å². The van der Waals surface area contributed by atoms with Gasteiger partial charge in [0.1, 0.15) is 0 Å². The number of ether oxygens (including phenoxy) is 1. The van der Waals surface area contributed by atoms with Crippen LogP contribution in [0.25, 0.3) is 11.6 Å². The molecule has 3 heteroatoms. The van der Waals surface area contributed by atoms with Gasteiger partial charge in [-0.05, 0) is 17.2 Å². The zero-order valence-electron chi connectivity index (χ0n) is 11.0. The Morgan fingerprint density at radius 1 is 0.905 bits per heavy atom. The summed E-state index contributed by atoms with van der Waals surface area (Å²) in [6.45, 7) is 0. The van der Waals surface area contributed by atoms with E-state index in [1.54, 1.807) is 12.1 Å². The fourth-order valence-electron chi connectivity index (χ4n) is 3.03. The number of halogens is 1. The molecule has 2 nitrogen and oxygen atoms in total. The van der Waals surface area contributed by atoms with Crippen LogP contribution in [0.3, 0.4) is 0 Å². The second kappa shape index (κ2) is 4.16. The minimum atomic E-state index is -1.44. The fourth-order valence-corrected chi connectivity index (χ4v) is 3.03. The Labute approximate surface area is 121 Å². The number of hydrogen-bond donors (Lipinski definition) is 0. The summed E-state index contributed by atoms with van der Waals surface area (Å²) >= 11 is 0. The van der Waals surface area contributed by atoms with Crippen LogP contribution in [0.2, 0.25) is 0 Å². The highest BCUT2D eigenvalue weighted by atomic mass is 19.1. The van der Waals surface area contributed by atoms with Crippen LogP contribution in [0.5, 0.6) is 0 Å². The normalized spacial score (nSPS) is 22.8. The van der Waals surface area contributed by atoms with E-state index in [-0.39, 0.29) is 0 Å². The average Bonchev–Trinajstić information content (AvgIpc) is 2.88. The van der Waals surface area contributed by atoms with Crippen molar-refractivity contribution in [1.82, 2.24) is 0 Å². The van der Waals surface area contributed by atoms with Crippen LogP contribution in [-0.4, -0.2) is 5.97 Å². The largest absolute Gasteiger partial charge is 0.439 e. The van der Waals surface area contributed by atoms with E-state index in [0.717, 1.165) is 11.1 Å². The van der Waals surface area contributed by atoms with Gasteiger partial charge in [0, 0.05) is 17.2 Å². The quantitative estimate of drug-likeness (QED) is 0.741. The summed E-state index contributed by atoms with van der Waals surface area (Å²) < 4.78 is 20.3. The number of esters is 1. The van der Waals surface area contributed by atoms with Gasteiger partial charge in [0.25, 0.3) is 0 Å². The van der Waals surface area contributed by atoms with Crippen molar-refractivity contribution in [2.75, 3.05) is 0 Å². The highest BCUT2D eigenvalue weighted by molar-refractivity contribution is 6.03. The van der Waals surface area contributed by atoms with E-state index in [0.29, 0.717) is 11.1 Å². The summed E-state index contributed by atoms with van der Waals surface area (Å²) in [5.74, 6) is -0.987. The van der Waals surface area contributed by atoms with Crippen LogP contribution < -0.4 is 0 Å². The van der Waals surface area contributed by atoms with E-state index in [9.17, 15) is 9.18 Å². The first-order chi connectivity index (χ1) is 10.2. The van der Waals surface area contributed by atoms with Crippen molar-refractivity contribution in [2.45, 2.75) is 5.60 Å². The molecule has 0 saturated carbocycles. The molecule has 1 aliphatic heterocycles. The van der Waals surface area contributed by atoms with Gasteiger partial charge in [-0.25, -0.2) is 9.18 Å². The molecule has 1 atom stereocenters. The molecule has 21 heavy (non-hydrogen) atoms. The van der Waals surface area contributed by atoms with Crippen LogP contribution in [0, 0.1) is 0 Å². The smallest absolute Gasteiger partial charge is 0.332 e. The summed E-state index contributed by atoms with van der Waals surface area (Å²) in [5, 5.41) is 0. The summed E-state index contributed by atoms with van der Waals surface area (Å²) in [6.07, 6.45) is 2.83. The molecule has 0 bridgehead atoms. The third-order valence-corrected chi connectivity index (χ3v) is 3.95. The van der Waals surface area contributed by atoms with Gasteiger partial charge in [0.15, 0.2) is 5.83 Å². The molecule has 0 radical (unpaired) electrons. The third kappa shape index (κ3) is 1.54. The molecule has 0 amide bonds. The van der Waals surface area contributed by atoms with Crippen LogP contribution in [-0.2, 0) is 15.1 Å². The molecule has 0 aromatic heterocycles.